The van der Waals surface area contributed by atoms with Gasteiger partial charge in [0, 0.05) is 18.0 Å². The fraction of sp³-hybridized carbons (Fsp3) is 0.150. The number of benzene rings is 2. The summed E-state index contributed by atoms with van der Waals surface area (Å²) < 4.78 is 8.33. The highest BCUT2D eigenvalue weighted by Crippen LogP contribution is 2.26. The van der Waals surface area contributed by atoms with E-state index in [0.29, 0.717) is 17.4 Å². The molecule has 0 saturated carbocycles. The average Bonchev–Trinajstić information content (AvgIpc) is 3.08. The molecule has 7 heteroatoms. The summed E-state index contributed by atoms with van der Waals surface area (Å²) in [4.78, 5) is 28.9. The fourth-order valence-electron chi connectivity index (χ4n) is 2.97. The zero-order chi connectivity index (χ0) is 18.8. The first-order chi connectivity index (χ1) is 13.2. The zero-order valence-corrected chi connectivity index (χ0v) is 15.5. The maximum atomic E-state index is 12.3. The first-order valence-corrected chi connectivity index (χ1v) is 9.38. The Morgan fingerprint density at radius 2 is 1.96 bits per heavy atom. The van der Waals surface area contributed by atoms with Gasteiger partial charge < -0.3 is 9.30 Å². The van der Waals surface area contributed by atoms with Crippen molar-refractivity contribution in [3.8, 4) is 5.75 Å². The molecule has 2 aromatic carbocycles. The summed E-state index contributed by atoms with van der Waals surface area (Å²) in [7, 11) is 0. The van der Waals surface area contributed by atoms with Crippen molar-refractivity contribution in [2.45, 2.75) is 13.5 Å². The van der Waals surface area contributed by atoms with Crippen LogP contribution in [0.3, 0.4) is 0 Å². The van der Waals surface area contributed by atoms with Gasteiger partial charge >= 0.3 is 0 Å². The molecule has 4 aromatic rings. The van der Waals surface area contributed by atoms with Crippen LogP contribution in [-0.4, -0.2) is 22.1 Å². The zero-order valence-electron chi connectivity index (χ0n) is 14.6. The number of ether oxygens (including phenoxy) is 1. The standard InChI is InChI=1S/C20H17N3O3S/c1-2-23-15-9-5-3-7-13(15)16(11-19(23)25)26-12-18(24)22-20-21-14-8-4-6-10-17(14)27-20/h3-11H,2,12H2,1H3,(H,21,22,24). The largest absolute Gasteiger partial charge is 0.483 e. The number of rotatable bonds is 5. The topological polar surface area (TPSA) is 73.2 Å². The number of hydrogen-bond donors (Lipinski definition) is 1. The molecule has 0 spiro atoms. The molecule has 0 aliphatic heterocycles. The van der Waals surface area contributed by atoms with Crippen molar-refractivity contribution < 1.29 is 9.53 Å². The Bertz CT molecular complexity index is 1160. The van der Waals surface area contributed by atoms with Gasteiger partial charge in [-0.05, 0) is 31.2 Å². The van der Waals surface area contributed by atoms with Crippen LogP contribution in [0.5, 0.6) is 5.75 Å². The van der Waals surface area contributed by atoms with Crippen molar-refractivity contribution in [1.29, 1.82) is 0 Å². The molecule has 0 bridgehead atoms. The normalized spacial score (nSPS) is 11.0. The van der Waals surface area contributed by atoms with E-state index in [4.69, 9.17) is 4.74 Å². The van der Waals surface area contributed by atoms with Gasteiger partial charge in [0.1, 0.15) is 5.75 Å². The fourth-order valence-corrected chi connectivity index (χ4v) is 3.86. The highest BCUT2D eigenvalue weighted by Gasteiger charge is 2.12. The Labute approximate surface area is 159 Å². The molecule has 4 rings (SSSR count). The number of aromatic nitrogens is 2. The highest BCUT2D eigenvalue weighted by molar-refractivity contribution is 7.22. The smallest absolute Gasteiger partial charge is 0.264 e. The molecule has 1 amide bonds. The molecule has 0 aliphatic carbocycles. The summed E-state index contributed by atoms with van der Waals surface area (Å²) in [6, 6.07) is 16.6. The lowest BCUT2D eigenvalue weighted by Crippen LogP contribution is -2.22. The van der Waals surface area contributed by atoms with E-state index in [-0.39, 0.29) is 18.1 Å². The van der Waals surface area contributed by atoms with Gasteiger partial charge in [-0.15, -0.1) is 0 Å². The first kappa shape index (κ1) is 17.2. The average molecular weight is 379 g/mol. The van der Waals surface area contributed by atoms with Gasteiger partial charge in [0.15, 0.2) is 11.7 Å². The van der Waals surface area contributed by atoms with Gasteiger partial charge in [-0.3, -0.25) is 14.9 Å². The second kappa shape index (κ2) is 7.20. The number of aryl methyl sites for hydroxylation is 1. The highest BCUT2D eigenvalue weighted by atomic mass is 32.1. The number of amides is 1. The third kappa shape index (κ3) is 3.41. The lowest BCUT2D eigenvalue weighted by atomic mass is 10.2. The van der Waals surface area contributed by atoms with Crippen LogP contribution in [0, 0.1) is 0 Å². The summed E-state index contributed by atoms with van der Waals surface area (Å²) >= 11 is 1.41. The molecular weight excluding hydrogens is 362 g/mol. The van der Waals surface area contributed by atoms with Crippen molar-refractivity contribution in [1.82, 2.24) is 9.55 Å². The molecule has 0 atom stereocenters. The van der Waals surface area contributed by atoms with Gasteiger partial charge in [0.2, 0.25) is 0 Å². The number of nitrogens with one attached hydrogen (secondary N) is 1. The van der Waals surface area contributed by atoms with Gasteiger partial charge in [0.25, 0.3) is 11.5 Å². The minimum atomic E-state index is -0.321. The predicted octanol–water partition coefficient (Wildman–Crippen LogP) is 3.65. The second-order valence-electron chi connectivity index (χ2n) is 5.93. The second-order valence-corrected chi connectivity index (χ2v) is 6.96. The predicted molar refractivity (Wildman–Crippen MR) is 108 cm³/mol. The summed E-state index contributed by atoms with van der Waals surface area (Å²) in [5.41, 5.74) is 1.47. The molecule has 0 fully saturated rings. The molecule has 136 valence electrons. The van der Waals surface area contributed by atoms with E-state index in [1.54, 1.807) is 4.57 Å². The Morgan fingerprint density at radius 3 is 2.78 bits per heavy atom. The molecule has 2 aromatic heterocycles. The molecule has 0 unspecified atom stereocenters. The number of pyridine rings is 1. The monoisotopic (exact) mass is 379 g/mol. The number of nitrogens with zero attached hydrogens (tertiary/aromatic N) is 2. The number of fused-ring (bicyclic) bond motifs is 2. The number of carbonyl (C=O) groups is 1. The third-order valence-electron chi connectivity index (χ3n) is 4.20. The number of para-hydroxylation sites is 2. The van der Waals surface area contributed by atoms with Crippen LogP contribution in [0.25, 0.3) is 21.1 Å². The number of carbonyl (C=O) groups excluding carboxylic acids is 1. The summed E-state index contributed by atoms with van der Waals surface area (Å²) in [6.07, 6.45) is 0. The van der Waals surface area contributed by atoms with E-state index in [2.05, 4.69) is 10.3 Å². The van der Waals surface area contributed by atoms with Crippen LogP contribution in [-0.2, 0) is 11.3 Å². The van der Waals surface area contributed by atoms with Gasteiger partial charge in [-0.25, -0.2) is 4.98 Å². The van der Waals surface area contributed by atoms with Crippen LogP contribution in [0.1, 0.15) is 6.92 Å². The Kier molecular flexibility index (Phi) is 4.60. The number of hydrogen-bond acceptors (Lipinski definition) is 5. The Balaban J connectivity index is 1.53. The molecule has 1 N–H and O–H groups in total. The van der Waals surface area contributed by atoms with E-state index in [0.717, 1.165) is 21.1 Å². The molecule has 0 radical (unpaired) electrons. The van der Waals surface area contributed by atoms with Crippen molar-refractivity contribution in [2.24, 2.45) is 0 Å². The summed E-state index contributed by atoms with van der Waals surface area (Å²) in [6.45, 7) is 2.28. The van der Waals surface area contributed by atoms with Crippen LogP contribution in [0.2, 0.25) is 0 Å². The molecular formula is C20H17N3O3S. The van der Waals surface area contributed by atoms with Gasteiger partial charge in [0.05, 0.1) is 15.7 Å². The molecule has 0 saturated heterocycles. The Morgan fingerprint density at radius 1 is 1.19 bits per heavy atom. The van der Waals surface area contributed by atoms with E-state index in [1.165, 1.54) is 17.4 Å². The summed E-state index contributed by atoms with van der Waals surface area (Å²) in [5, 5.41) is 4.07. The third-order valence-corrected chi connectivity index (χ3v) is 5.15. The van der Waals surface area contributed by atoms with Crippen molar-refractivity contribution >= 4 is 43.5 Å². The molecule has 0 aliphatic rings. The van der Waals surface area contributed by atoms with Crippen molar-refractivity contribution in [3.63, 3.8) is 0 Å². The first-order valence-electron chi connectivity index (χ1n) is 8.56. The summed E-state index contributed by atoms with van der Waals surface area (Å²) in [5.74, 6) is 0.0811. The molecule has 6 nitrogen and oxygen atoms in total. The van der Waals surface area contributed by atoms with Crippen LogP contribution in [0.4, 0.5) is 5.13 Å². The van der Waals surface area contributed by atoms with Crippen LogP contribution >= 0.6 is 11.3 Å². The molecule has 2 heterocycles. The van der Waals surface area contributed by atoms with Crippen molar-refractivity contribution in [2.75, 3.05) is 11.9 Å². The molecule has 27 heavy (non-hydrogen) atoms. The van der Waals surface area contributed by atoms with Gasteiger partial charge in [-0.1, -0.05) is 35.6 Å². The Hall–Kier alpha value is -3.19. The maximum Gasteiger partial charge on any atom is 0.264 e. The maximum absolute atomic E-state index is 12.3. The SMILES string of the molecule is CCn1c(=O)cc(OCC(=O)Nc2nc3ccccc3s2)c2ccccc21. The quantitative estimate of drug-likeness (QED) is 0.574. The van der Waals surface area contributed by atoms with Crippen molar-refractivity contribution in [3.05, 3.63) is 65.0 Å². The number of thiazole rings is 1. The van der Waals surface area contributed by atoms with E-state index in [9.17, 15) is 9.59 Å². The van der Waals surface area contributed by atoms with Crippen LogP contribution in [0.15, 0.2) is 59.4 Å². The lowest BCUT2D eigenvalue weighted by Gasteiger charge is -2.12. The van der Waals surface area contributed by atoms with Crippen LogP contribution < -0.4 is 15.6 Å². The minimum absolute atomic E-state index is 0.155. The van der Waals surface area contributed by atoms with E-state index >= 15 is 0 Å². The lowest BCUT2D eigenvalue weighted by molar-refractivity contribution is -0.118. The van der Waals surface area contributed by atoms with E-state index in [1.807, 2.05) is 55.5 Å². The van der Waals surface area contributed by atoms with E-state index < -0.39 is 0 Å². The minimum Gasteiger partial charge on any atom is -0.483 e. The number of anilines is 1. The van der Waals surface area contributed by atoms with Gasteiger partial charge in [-0.2, -0.15) is 0 Å².